The van der Waals surface area contributed by atoms with Crippen LogP contribution in [0.25, 0.3) is 0 Å². The van der Waals surface area contributed by atoms with E-state index in [1.165, 1.54) is 0 Å². The molecule has 4 N–H and O–H groups in total. The molecule has 1 aliphatic rings. The summed E-state index contributed by atoms with van der Waals surface area (Å²) in [5.74, 6) is 0.273. The fourth-order valence-electron chi connectivity index (χ4n) is 2.43. The Labute approximate surface area is 109 Å². The number of carbonyl (C=O) groups excluding carboxylic acids is 2. The van der Waals surface area contributed by atoms with E-state index in [1.54, 1.807) is 0 Å². The third kappa shape index (κ3) is 6.00. The van der Waals surface area contributed by atoms with Crippen molar-refractivity contribution >= 4 is 11.8 Å². The molecule has 1 saturated heterocycles. The fourth-order valence-corrected chi connectivity index (χ4v) is 2.43. The molecule has 0 bridgehead atoms. The second-order valence-corrected chi connectivity index (χ2v) is 5.81. The van der Waals surface area contributed by atoms with Crippen molar-refractivity contribution in [2.75, 3.05) is 13.1 Å². The zero-order chi connectivity index (χ0) is 13.6. The topological polar surface area (TPSA) is 84.2 Å². The minimum atomic E-state index is -0.545. The Hall–Kier alpha value is -1.10. The Morgan fingerprint density at radius 2 is 1.94 bits per heavy atom. The van der Waals surface area contributed by atoms with Crippen LogP contribution in [0.2, 0.25) is 0 Å². The van der Waals surface area contributed by atoms with Crippen LogP contribution in [0.4, 0.5) is 0 Å². The van der Waals surface area contributed by atoms with Gasteiger partial charge in [0.05, 0.1) is 0 Å². The van der Waals surface area contributed by atoms with Crippen molar-refractivity contribution in [2.24, 2.45) is 11.7 Å². The van der Waals surface area contributed by atoms with E-state index in [1.807, 2.05) is 13.8 Å². The number of nitrogens with one attached hydrogen (secondary N) is 2. The second kappa shape index (κ2) is 6.73. The van der Waals surface area contributed by atoms with Gasteiger partial charge in [0, 0.05) is 18.4 Å². The molecule has 1 aliphatic heterocycles. The molecule has 1 heterocycles. The van der Waals surface area contributed by atoms with Gasteiger partial charge in [-0.25, -0.2) is 0 Å². The lowest BCUT2D eigenvalue weighted by atomic mass is 9.92. The number of nitrogens with two attached hydrogens (primary N) is 1. The average molecular weight is 255 g/mol. The highest BCUT2D eigenvalue weighted by molar-refractivity contribution is 5.79. The molecule has 0 aliphatic carbocycles. The maximum Gasteiger partial charge on any atom is 0.220 e. The number of piperidine rings is 1. The number of primary amides is 1. The van der Waals surface area contributed by atoms with Crippen molar-refractivity contribution in [3.63, 3.8) is 0 Å². The molecule has 0 aromatic rings. The second-order valence-electron chi connectivity index (χ2n) is 5.81. The summed E-state index contributed by atoms with van der Waals surface area (Å²) in [6.45, 7) is 5.75. The summed E-state index contributed by atoms with van der Waals surface area (Å²) >= 11 is 0. The monoisotopic (exact) mass is 255 g/mol. The van der Waals surface area contributed by atoms with E-state index in [0.29, 0.717) is 12.3 Å². The van der Waals surface area contributed by atoms with Gasteiger partial charge in [-0.05, 0) is 52.1 Å². The van der Waals surface area contributed by atoms with Crippen LogP contribution in [0.15, 0.2) is 0 Å². The van der Waals surface area contributed by atoms with Crippen LogP contribution in [0.1, 0.15) is 46.0 Å². The summed E-state index contributed by atoms with van der Waals surface area (Å²) < 4.78 is 0. The van der Waals surface area contributed by atoms with E-state index in [2.05, 4.69) is 10.6 Å². The minimum Gasteiger partial charge on any atom is -0.370 e. The predicted molar refractivity (Wildman–Crippen MR) is 70.9 cm³/mol. The maximum atomic E-state index is 11.8. The molecular weight excluding hydrogens is 230 g/mol. The van der Waals surface area contributed by atoms with Gasteiger partial charge >= 0.3 is 0 Å². The van der Waals surface area contributed by atoms with Gasteiger partial charge in [0.25, 0.3) is 0 Å². The van der Waals surface area contributed by atoms with Gasteiger partial charge in [0.15, 0.2) is 0 Å². The third-order valence-electron chi connectivity index (χ3n) is 3.33. The SMILES string of the molecule is CC(C)(CC(N)=O)NC(=O)CCC1CCNCC1. The summed E-state index contributed by atoms with van der Waals surface area (Å²) in [6, 6.07) is 0. The average Bonchev–Trinajstić information content (AvgIpc) is 2.25. The summed E-state index contributed by atoms with van der Waals surface area (Å²) in [6.07, 6.45) is 3.94. The molecule has 0 atom stereocenters. The highest BCUT2D eigenvalue weighted by Crippen LogP contribution is 2.18. The largest absolute Gasteiger partial charge is 0.370 e. The third-order valence-corrected chi connectivity index (χ3v) is 3.33. The molecule has 104 valence electrons. The summed E-state index contributed by atoms with van der Waals surface area (Å²) in [4.78, 5) is 22.7. The first-order chi connectivity index (χ1) is 8.39. The molecule has 2 amide bonds. The molecule has 0 aromatic heterocycles. The lowest BCUT2D eigenvalue weighted by Crippen LogP contribution is -2.46. The Balaban J connectivity index is 2.25. The van der Waals surface area contributed by atoms with Gasteiger partial charge in [-0.3, -0.25) is 9.59 Å². The van der Waals surface area contributed by atoms with E-state index >= 15 is 0 Å². The summed E-state index contributed by atoms with van der Waals surface area (Å²) in [5, 5.41) is 6.18. The van der Waals surface area contributed by atoms with Crippen molar-refractivity contribution < 1.29 is 9.59 Å². The molecule has 5 heteroatoms. The van der Waals surface area contributed by atoms with Crippen LogP contribution in [0.3, 0.4) is 0 Å². The Kier molecular flexibility index (Phi) is 5.59. The lowest BCUT2D eigenvalue weighted by molar-refractivity contribution is -0.124. The Morgan fingerprint density at radius 1 is 1.33 bits per heavy atom. The number of hydrogen-bond acceptors (Lipinski definition) is 3. The Bertz CT molecular complexity index is 297. The van der Waals surface area contributed by atoms with Gasteiger partial charge in [0.1, 0.15) is 0 Å². The lowest BCUT2D eigenvalue weighted by Gasteiger charge is -2.26. The molecule has 0 saturated carbocycles. The summed E-state index contributed by atoms with van der Waals surface area (Å²) in [7, 11) is 0. The van der Waals surface area contributed by atoms with Crippen LogP contribution in [-0.2, 0) is 9.59 Å². The van der Waals surface area contributed by atoms with E-state index in [9.17, 15) is 9.59 Å². The van der Waals surface area contributed by atoms with Crippen molar-refractivity contribution in [1.82, 2.24) is 10.6 Å². The van der Waals surface area contributed by atoms with Crippen LogP contribution in [-0.4, -0.2) is 30.4 Å². The van der Waals surface area contributed by atoms with Gasteiger partial charge in [0.2, 0.25) is 11.8 Å². The van der Waals surface area contributed by atoms with Crippen molar-refractivity contribution in [1.29, 1.82) is 0 Å². The number of amides is 2. The van der Waals surface area contributed by atoms with Gasteiger partial charge in [-0.2, -0.15) is 0 Å². The molecule has 0 spiro atoms. The first-order valence-electron chi connectivity index (χ1n) is 6.69. The van der Waals surface area contributed by atoms with E-state index < -0.39 is 11.4 Å². The zero-order valence-electron chi connectivity index (χ0n) is 11.4. The summed E-state index contributed by atoms with van der Waals surface area (Å²) in [5.41, 5.74) is 4.60. The van der Waals surface area contributed by atoms with E-state index in [0.717, 1.165) is 32.4 Å². The molecule has 1 rings (SSSR count). The standard InChI is InChI=1S/C13H25N3O2/c1-13(2,9-11(14)17)16-12(18)4-3-10-5-7-15-8-6-10/h10,15H,3-9H2,1-2H3,(H2,14,17)(H,16,18). The molecule has 1 fully saturated rings. The first kappa shape index (κ1) is 15.0. The number of hydrogen-bond donors (Lipinski definition) is 3. The first-order valence-corrected chi connectivity index (χ1v) is 6.69. The molecule has 0 radical (unpaired) electrons. The van der Waals surface area contributed by atoms with Crippen molar-refractivity contribution in [3.05, 3.63) is 0 Å². The van der Waals surface area contributed by atoms with Gasteiger partial charge in [-0.1, -0.05) is 0 Å². The van der Waals surface area contributed by atoms with E-state index in [4.69, 9.17) is 5.73 Å². The van der Waals surface area contributed by atoms with Crippen molar-refractivity contribution in [2.45, 2.75) is 51.5 Å². The van der Waals surface area contributed by atoms with Crippen LogP contribution in [0, 0.1) is 5.92 Å². The fraction of sp³-hybridized carbons (Fsp3) is 0.846. The van der Waals surface area contributed by atoms with Gasteiger partial charge < -0.3 is 16.4 Å². The van der Waals surface area contributed by atoms with Gasteiger partial charge in [-0.15, -0.1) is 0 Å². The normalized spacial score (nSPS) is 17.4. The predicted octanol–water partition coefficient (Wildman–Crippen LogP) is 0.536. The van der Waals surface area contributed by atoms with Crippen molar-refractivity contribution in [3.8, 4) is 0 Å². The van der Waals surface area contributed by atoms with Crippen LogP contribution >= 0.6 is 0 Å². The quantitative estimate of drug-likeness (QED) is 0.647. The smallest absolute Gasteiger partial charge is 0.220 e. The molecule has 18 heavy (non-hydrogen) atoms. The molecule has 0 unspecified atom stereocenters. The number of carbonyl (C=O) groups is 2. The highest BCUT2D eigenvalue weighted by atomic mass is 16.2. The maximum absolute atomic E-state index is 11.8. The molecule has 0 aromatic carbocycles. The number of rotatable bonds is 6. The van der Waals surface area contributed by atoms with Crippen LogP contribution in [0.5, 0.6) is 0 Å². The molecule has 5 nitrogen and oxygen atoms in total. The Morgan fingerprint density at radius 3 is 2.50 bits per heavy atom. The van der Waals surface area contributed by atoms with Crippen LogP contribution < -0.4 is 16.4 Å². The minimum absolute atomic E-state index is 0.0137. The zero-order valence-corrected chi connectivity index (χ0v) is 11.4. The highest BCUT2D eigenvalue weighted by Gasteiger charge is 2.23. The molecular formula is C13H25N3O2. The van der Waals surface area contributed by atoms with E-state index in [-0.39, 0.29) is 12.3 Å².